The highest BCUT2D eigenvalue weighted by Crippen LogP contribution is 2.65. The smallest absolute Gasteiger partial charge is 0.112 e. The minimum atomic E-state index is 0.157. The topological polar surface area (TPSA) is 9.23 Å². The van der Waals surface area contributed by atoms with Crippen LogP contribution in [0.15, 0.2) is 35.9 Å². The van der Waals surface area contributed by atoms with E-state index in [1.165, 1.54) is 28.2 Å². The van der Waals surface area contributed by atoms with Crippen molar-refractivity contribution in [3.63, 3.8) is 0 Å². The lowest BCUT2D eigenvalue weighted by Crippen LogP contribution is -2.15. The first kappa shape index (κ1) is 14.9. The fraction of sp³-hybridized carbons (Fsp3) is 0.474. The van der Waals surface area contributed by atoms with Crippen LogP contribution in [-0.4, -0.2) is 18.6 Å². The van der Waals surface area contributed by atoms with Gasteiger partial charge >= 0.3 is 0 Å². The first-order chi connectivity index (χ1) is 10.7. The number of fused-ring (bicyclic) bond motifs is 4. The summed E-state index contributed by atoms with van der Waals surface area (Å²) >= 11 is 4.25. The second-order valence-electron chi connectivity index (χ2n) is 6.36. The van der Waals surface area contributed by atoms with Gasteiger partial charge in [0, 0.05) is 18.6 Å². The molecule has 0 aromatic heterocycles. The molecule has 22 heavy (non-hydrogen) atoms. The van der Waals surface area contributed by atoms with Crippen molar-refractivity contribution in [2.75, 3.05) is 18.6 Å². The third-order valence-electron chi connectivity index (χ3n) is 5.12. The molecule has 1 aromatic rings. The Bertz CT molecular complexity index is 668. The van der Waals surface area contributed by atoms with Gasteiger partial charge in [0.25, 0.3) is 0 Å². The molecule has 0 N–H and O–H groups in total. The standard InChI is InChI=1S/C19H22OS2/c1-12-5-4-6-17-18(12)15-11-14(13(2)20-3)7-8-16(15)19(17)21-9-10-22-19/h4,6-8,11-13H,5,9-10H2,1-3H3. The molecule has 2 atom stereocenters. The molecule has 3 heteroatoms. The van der Waals surface area contributed by atoms with E-state index < -0.39 is 0 Å². The van der Waals surface area contributed by atoms with Crippen molar-refractivity contribution in [1.29, 1.82) is 0 Å². The van der Waals surface area contributed by atoms with Crippen LogP contribution in [0.2, 0.25) is 0 Å². The van der Waals surface area contributed by atoms with Crippen LogP contribution in [0.3, 0.4) is 0 Å². The molecule has 1 aliphatic heterocycles. The molecule has 1 spiro atoms. The van der Waals surface area contributed by atoms with Gasteiger partial charge in [-0.2, -0.15) is 0 Å². The lowest BCUT2D eigenvalue weighted by atomic mass is 9.87. The van der Waals surface area contributed by atoms with Crippen molar-refractivity contribution in [3.8, 4) is 0 Å². The Balaban J connectivity index is 1.92. The number of methoxy groups -OCH3 is 1. The maximum atomic E-state index is 5.54. The van der Waals surface area contributed by atoms with Gasteiger partial charge < -0.3 is 4.74 Å². The number of benzene rings is 1. The number of rotatable bonds is 2. The average molecular weight is 331 g/mol. The van der Waals surface area contributed by atoms with E-state index in [9.17, 15) is 0 Å². The first-order valence-corrected chi connectivity index (χ1v) is 10.0. The summed E-state index contributed by atoms with van der Waals surface area (Å²) in [7, 11) is 1.79. The Hall–Kier alpha value is -0.640. The highest BCUT2D eigenvalue weighted by Gasteiger charge is 2.48. The summed E-state index contributed by atoms with van der Waals surface area (Å²) in [6.07, 6.45) is 6.09. The van der Waals surface area contributed by atoms with E-state index in [1.807, 2.05) is 0 Å². The summed E-state index contributed by atoms with van der Waals surface area (Å²) in [4.78, 5) is 0. The van der Waals surface area contributed by atoms with Crippen molar-refractivity contribution in [2.45, 2.75) is 30.5 Å². The van der Waals surface area contributed by atoms with Gasteiger partial charge in [-0.3, -0.25) is 0 Å². The molecular weight excluding hydrogens is 308 g/mol. The van der Waals surface area contributed by atoms with Crippen LogP contribution in [0.5, 0.6) is 0 Å². The molecule has 3 aliphatic rings. The Kier molecular flexibility index (Phi) is 3.71. The maximum absolute atomic E-state index is 5.54. The Morgan fingerprint density at radius 1 is 1.27 bits per heavy atom. The lowest BCUT2D eigenvalue weighted by Gasteiger charge is -2.27. The summed E-state index contributed by atoms with van der Waals surface area (Å²) in [5, 5.41) is 0. The van der Waals surface area contributed by atoms with Gasteiger partial charge in [0.05, 0.1) is 6.10 Å². The van der Waals surface area contributed by atoms with Crippen LogP contribution < -0.4 is 0 Å². The SMILES string of the molecule is COC(C)c1ccc2c(c1)C1=C(C=CCC1C)C21SCCS1. The Morgan fingerprint density at radius 3 is 2.77 bits per heavy atom. The van der Waals surface area contributed by atoms with Gasteiger partial charge in [0.1, 0.15) is 4.08 Å². The summed E-state index contributed by atoms with van der Waals surface area (Å²) in [6, 6.07) is 7.02. The summed E-state index contributed by atoms with van der Waals surface area (Å²) in [6.45, 7) is 4.50. The van der Waals surface area contributed by atoms with Crippen molar-refractivity contribution < 1.29 is 4.74 Å². The maximum Gasteiger partial charge on any atom is 0.112 e. The fourth-order valence-electron chi connectivity index (χ4n) is 3.89. The number of ether oxygens (including phenoxy) is 1. The van der Waals surface area contributed by atoms with E-state index in [0.717, 1.165) is 6.42 Å². The molecule has 1 nitrogen and oxygen atoms in total. The second kappa shape index (κ2) is 5.47. The molecule has 1 fully saturated rings. The molecule has 4 rings (SSSR count). The van der Waals surface area contributed by atoms with Gasteiger partial charge in [-0.25, -0.2) is 0 Å². The first-order valence-electron chi connectivity index (χ1n) is 8.04. The lowest BCUT2D eigenvalue weighted by molar-refractivity contribution is 0.119. The average Bonchev–Trinajstić information content (AvgIpc) is 3.13. The van der Waals surface area contributed by atoms with Crippen LogP contribution >= 0.6 is 23.5 Å². The third-order valence-corrected chi connectivity index (χ3v) is 8.59. The van der Waals surface area contributed by atoms with Crippen LogP contribution in [-0.2, 0) is 8.82 Å². The van der Waals surface area contributed by atoms with Crippen LogP contribution in [0.4, 0.5) is 0 Å². The molecule has 1 saturated heterocycles. The van der Waals surface area contributed by atoms with Crippen molar-refractivity contribution in [1.82, 2.24) is 0 Å². The zero-order valence-electron chi connectivity index (χ0n) is 13.4. The molecular formula is C19H22OS2. The highest BCUT2D eigenvalue weighted by molar-refractivity contribution is 8.21. The minimum absolute atomic E-state index is 0.157. The van der Waals surface area contributed by atoms with Crippen LogP contribution in [0, 0.1) is 5.92 Å². The van der Waals surface area contributed by atoms with Gasteiger partial charge in [-0.15, -0.1) is 23.5 Å². The van der Waals surface area contributed by atoms with Crippen molar-refractivity contribution in [3.05, 3.63) is 52.6 Å². The molecule has 116 valence electrons. The van der Waals surface area contributed by atoms with Crippen LogP contribution in [0.1, 0.15) is 43.1 Å². The molecule has 2 unspecified atom stereocenters. The van der Waals surface area contributed by atoms with E-state index >= 15 is 0 Å². The van der Waals surface area contributed by atoms with Gasteiger partial charge in [0.15, 0.2) is 0 Å². The fourth-order valence-corrected chi connectivity index (χ4v) is 7.30. The highest BCUT2D eigenvalue weighted by atomic mass is 32.2. The van der Waals surface area contributed by atoms with E-state index in [2.05, 4.69) is 67.7 Å². The van der Waals surface area contributed by atoms with Gasteiger partial charge in [-0.05, 0) is 53.2 Å². The summed E-state index contributed by atoms with van der Waals surface area (Å²) in [5.41, 5.74) is 7.45. The normalized spacial score (nSPS) is 26.4. The van der Waals surface area contributed by atoms with E-state index in [-0.39, 0.29) is 10.2 Å². The summed E-state index contributed by atoms with van der Waals surface area (Å²) < 4.78 is 5.69. The quantitative estimate of drug-likeness (QED) is 0.719. The molecule has 0 radical (unpaired) electrons. The molecule has 1 heterocycles. The van der Waals surface area contributed by atoms with Crippen LogP contribution in [0.25, 0.3) is 5.57 Å². The monoisotopic (exact) mass is 330 g/mol. The van der Waals surface area contributed by atoms with Gasteiger partial charge in [-0.1, -0.05) is 31.2 Å². The van der Waals surface area contributed by atoms with Crippen molar-refractivity contribution in [2.24, 2.45) is 5.92 Å². The minimum Gasteiger partial charge on any atom is -0.377 e. The number of hydrogen-bond donors (Lipinski definition) is 0. The zero-order chi connectivity index (χ0) is 15.3. The Labute approximate surface area is 141 Å². The molecule has 0 amide bonds. The predicted octanol–water partition coefficient (Wildman–Crippen LogP) is 5.39. The Morgan fingerprint density at radius 2 is 2.05 bits per heavy atom. The molecule has 0 saturated carbocycles. The van der Waals surface area contributed by atoms with E-state index in [0.29, 0.717) is 5.92 Å². The molecule has 2 aliphatic carbocycles. The number of hydrogen-bond acceptors (Lipinski definition) is 3. The third kappa shape index (κ3) is 1.98. The zero-order valence-corrected chi connectivity index (χ0v) is 15.0. The van der Waals surface area contributed by atoms with E-state index in [4.69, 9.17) is 4.74 Å². The van der Waals surface area contributed by atoms with Crippen molar-refractivity contribution >= 4 is 29.1 Å². The second-order valence-corrected chi connectivity index (χ2v) is 9.24. The largest absolute Gasteiger partial charge is 0.377 e. The summed E-state index contributed by atoms with van der Waals surface area (Å²) in [5.74, 6) is 3.12. The predicted molar refractivity (Wildman–Crippen MR) is 98.3 cm³/mol. The number of thioether (sulfide) groups is 2. The van der Waals surface area contributed by atoms with E-state index in [1.54, 1.807) is 18.3 Å². The molecule has 0 bridgehead atoms. The molecule has 1 aromatic carbocycles. The number of allylic oxidation sites excluding steroid dienone is 3. The van der Waals surface area contributed by atoms with Gasteiger partial charge in [0.2, 0.25) is 0 Å².